The zero-order valence-corrected chi connectivity index (χ0v) is 8.84. The lowest BCUT2D eigenvalue weighted by Crippen LogP contribution is -1.93. The molecule has 0 aromatic heterocycles. The Morgan fingerprint density at radius 3 is 2.20 bits per heavy atom. The second-order valence-corrected chi connectivity index (χ2v) is 2.67. The third-order valence-electron chi connectivity index (χ3n) is 1.45. The number of hydrogen-bond acceptors (Lipinski definition) is 3. The number of allylic oxidation sites excluding steroid dienone is 1. The third-order valence-corrected chi connectivity index (χ3v) is 1.45. The first-order valence-electron chi connectivity index (χ1n) is 4.42. The van der Waals surface area contributed by atoms with Gasteiger partial charge in [-0.2, -0.15) is 0 Å². The van der Waals surface area contributed by atoms with Crippen LogP contribution in [0.4, 0.5) is 0 Å². The van der Waals surface area contributed by atoms with Crippen LogP contribution in [0.3, 0.4) is 0 Å². The van der Waals surface area contributed by atoms with E-state index >= 15 is 0 Å². The number of aryl methyl sites for hydroxylation is 1. The monoisotopic (exact) mass is 206 g/mol. The molecule has 0 unspecified atom stereocenters. The van der Waals surface area contributed by atoms with Crippen LogP contribution >= 0.6 is 0 Å². The maximum absolute atomic E-state index is 10.1. The highest BCUT2D eigenvalue weighted by Gasteiger charge is 1.85. The number of aldehydes is 1. The molecule has 0 N–H and O–H groups in total. The molecule has 0 saturated heterocycles. The minimum Gasteiger partial charge on any atom is -0.466 e. The number of carbonyl (C=O) groups excluding carboxylic acids is 2. The molecule has 3 nitrogen and oxygen atoms in total. The molecule has 1 aromatic carbocycles. The third kappa shape index (κ3) is 8.43. The van der Waals surface area contributed by atoms with E-state index in [1.165, 1.54) is 12.7 Å². The highest BCUT2D eigenvalue weighted by Crippen LogP contribution is 1.92. The van der Waals surface area contributed by atoms with Crippen molar-refractivity contribution in [2.45, 2.75) is 6.92 Å². The average Bonchev–Trinajstić information content (AvgIpc) is 2.28. The average molecular weight is 206 g/mol. The van der Waals surface area contributed by atoms with Gasteiger partial charge in [0.2, 0.25) is 0 Å². The zero-order valence-electron chi connectivity index (χ0n) is 8.84. The molecule has 0 atom stereocenters. The van der Waals surface area contributed by atoms with Crippen molar-refractivity contribution in [3.05, 3.63) is 48.0 Å². The summed E-state index contributed by atoms with van der Waals surface area (Å²) in [4.78, 5) is 19.6. The topological polar surface area (TPSA) is 43.4 Å². The molecule has 1 rings (SSSR count). The van der Waals surface area contributed by atoms with Crippen molar-refractivity contribution >= 4 is 12.3 Å². The molecule has 0 bridgehead atoms. The molecule has 0 fully saturated rings. The minimum atomic E-state index is -0.517. The van der Waals surface area contributed by atoms with Crippen molar-refractivity contribution in [3.63, 3.8) is 0 Å². The first-order valence-corrected chi connectivity index (χ1v) is 4.42. The largest absolute Gasteiger partial charge is 0.466 e. The summed E-state index contributed by atoms with van der Waals surface area (Å²) in [5, 5.41) is 0. The van der Waals surface area contributed by atoms with Crippen molar-refractivity contribution in [3.8, 4) is 0 Å². The van der Waals surface area contributed by atoms with E-state index in [4.69, 9.17) is 0 Å². The molecule has 0 amide bonds. The molecule has 0 aliphatic carbocycles. The predicted octanol–water partition coefficient (Wildman–Crippen LogP) is 1.91. The Bertz CT molecular complexity index is 315. The van der Waals surface area contributed by atoms with Gasteiger partial charge in [-0.05, 0) is 13.0 Å². The van der Waals surface area contributed by atoms with E-state index in [0.29, 0.717) is 6.29 Å². The highest BCUT2D eigenvalue weighted by molar-refractivity contribution is 5.86. The Kier molecular flexibility index (Phi) is 7.59. The standard InChI is InChI=1S/C7H8.C5H6O3/c1-7-5-3-2-4-6-7;1-8-5(7)3-2-4-6/h2-6H,1H3;2-4H,1H3/b;3-2+. The Labute approximate surface area is 89.4 Å². The lowest BCUT2D eigenvalue weighted by atomic mass is 10.2. The van der Waals surface area contributed by atoms with Gasteiger partial charge in [-0.3, -0.25) is 4.79 Å². The number of methoxy groups -OCH3 is 1. The van der Waals surface area contributed by atoms with Crippen molar-refractivity contribution in [1.82, 2.24) is 0 Å². The number of benzene rings is 1. The molecule has 0 aliphatic rings. The number of rotatable bonds is 2. The first-order chi connectivity index (χ1) is 7.20. The van der Waals surface area contributed by atoms with Gasteiger partial charge in [0.1, 0.15) is 6.29 Å². The lowest BCUT2D eigenvalue weighted by Gasteiger charge is -1.84. The molecule has 1 aromatic rings. The summed E-state index contributed by atoms with van der Waals surface area (Å²) in [7, 11) is 1.25. The number of esters is 1. The van der Waals surface area contributed by atoms with Crippen molar-refractivity contribution in [2.75, 3.05) is 7.11 Å². The molecule has 15 heavy (non-hydrogen) atoms. The molecular weight excluding hydrogens is 192 g/mol. The molecule has 0 heterocycles. The van der Waals surface area contributed by atoms with E-state index in [-0.39, 0.29) is 0 Å². The van der Waals surface area contributed by atoms with E-state index in [1.54, 1.807) is 0 Å². The van der Waals surface area contributed by atoms with Crippen LogP contribution in [0.25, 0.3) is 0 Å². The Balaban J connectivity index is 0.000000262. The van der Waals surface area contributed by atoms with Gasteiger partial charge in [-0.1, -0.05) is 35.9 Å². The molecule has 0 radical (unpaired) electrons. The van der Waals surface area contributed by atoms with Gasteiger partial charge in [-0.25, -0.2) is 4.79 Å². The first kappa shape index (κ1) is 13.1. The molecular formula is C12H14O3. The van der Waals surface area contributed by atoms with Crippen LogP contribution < -0.4 is 0 Å². The number of carbonyl (C=O) groups is 2. The summed E-state index contributed by atoms with van der Waals surface area (Å²) >= 11 is 0. The lowest BCUT2D eigenvalue weighted by molar-refractivity contribution is -0.135. The summed E-state index contributed by atoms with van der Waals surface area (Å²) in [6, 6.07) is 10.3. The van der Waals surface area contributed by atoms with E-state index in [9.17, 15) is 9.59 Å². The fraction of sp³-hybridized carbons (Fsp3) is 0.167. The van der Waals surface area contributed by atoms with Crippen LogP contribution in [0.5, 0.6) is 0 Å². The maximum Gasteiger partial charge on any atom is 0.330 e. The Hall–Kier alpha value is -1.90. The summed E-state index contributed by atoms with van der Waals surface area (Å²) < 4.78 is 4.17. The van der Waals surface area contributed by atoms with Crippen LogP contribution in [0.2, 0.25) is 0 Å². The van der Waals surface area contributed by atoms with E-state index in [0.717, 1.165) is 12.2 Å². The summed E-state index contributed by atoms with van der Waals surface area (Å²) in [6.07, 6.45) is 2.63. The number of ether oxygens (including phenoxy) is 1. The SMILES string of the molecule is COC(=O)/C=C/C=O.Cc1ccccc1. The fourth-order valence-electron chi connectivity index (χ4n) is 0.720. The van der Waals surface area contributed by atoms with Crippen LogP contribution in [-0.2, 0) is 14.3 Å². The Morgan fingerprint density at radius 1 is 1.27 bits per heavy atom. The van der Waals surface area contributed by atoms with Crippen molar-refractivity contribution < 1.29 is 14.3 Å². The van der Waals surface area contributed by atoms with Crippen LogP contribution in [0, 0.1) is 6.92 Å². The van der Waals surface area contributed by atoms with E-state index in [2.05, 4.69) is 23.8 Å². The molecule has 0 aliphatic heterocycles. The number of hydrogen-bond donors (Lipinski definition) is 0. The quantitative estimate of drug-likeness (QED) is 0.421. The highest BCUT2D eigenvalue weighted by atomic mass is 16.5. The molecule has 0 spiro atoms. The summed E-state index contributed by atoms with van der Waals surface area (Å²) in [5.41, 5.74) is 1.32. The maximum atomic E-state index is 10.1. The van der Waals surface area contributed by atoms with Gasteiger partial charge in [0.15, 0.2) is 0 Å². The second-order valence-electron chi connectivity index (χ2n) is 2.67. The van der Waals surface area contributed by atoms with Crippen molar-refractivity contribution in [2.24, 2.45) is 0 Å². The van der Waals surface area contributed by atoms with Gasteiger partial charge in [0.05, 0.1) is 7.11 Å². The van der Waals surface area contributed by atoms with Gasteiger partial charge < -0.3 is 4.74 Å². The minimum absolute atomic E-state index is 0.511. The zero-order chi connectivity index (χ0) is 11.5. The van der Waals surface area contributed by atoms with E-state index in [1.807, 2.05) is 18.2 Å². The van der Waals surface area contributed by atoms with Crippen LogP contribution in [0.15, 0.2) is 42.5 Å². The summed E-state index contributed by atoms with van der Waals surface area (Å²) in [5.74, 6) is -0.517. The van der Waals surface area contributed by atoms with E-state index < -0.39 is 5.97 Å². The molecule has 80 valence electrons. The fourth-order valence-corrected chi connectivity index (χ4v) is 0.720. The normalized spacial score (nSPS) is 8.93. The second kappa shape index (κ2) is 8.69. The molecule has 3 heteroatoms. The van der Waals surface area contributed by atoms with Gasteiger partial charge in [0, 0.05) is 6.08 Å². The Morgan fingerprint density at radius 2 is 1.87 bits per heavy atom. The van der Waals surface area contributed by atoms with Gasteiger partial charge in [0.25, 0.3) is 0 Å². The van der Waals surface area contributed by atoms with Crippen LogP contribution in [-0.4, -0.2) is 19.4 Å². The molecule has 0 saturated carbocycles. The van der Waals surface area contributed by atoms with Gasteiger partial charge >= 0.3 is 5.97 Å². The smallest absolute Gasteiger partial charge is 0.330 e. The van der Waals surface area contributed by atoms with Crippen LogP contribution in [0.1, 0.15) is 5.56 Å². The van der Waals surface area contributed by atoms with Crippen molar-refractivity contribution in [1.29, 1.82) is 0 Å². The predicted molar refractivity (Wildman–Crippen MR) is 58.4 cm³/mol. The van der Waals surface area contributed by atoms with Gasteiger partial charge in [-0.15, -0.1) is 0 Å². The summed E-state index contributed by atoms with van der Waals surface area (Å²) in [6.45, 7) is 2.08.